The number of rotatable bonds is 10. The number of carbonyl (C=O) groups is 5. The molecule has 2 aliphatic rings. The van der Waals surface area contributed by atoms with Crippen LogP contribution >= 0.6 is 0 Å². The smallest absolute Gasteiger partial charge is 0.405 e. The number of ketones is 2. The number of nitrogens with two attached hydrogens (primary N) is 1. The highest BCUT2D eigenvalue weighted by Crippen LogP contribution is 2.30. The van der Waals surface area contributed by atoms with Gasteiger partial charge in [-0.2, -0.15) is 0 Å². The molecular formula is C36H52N4O9. The van der Waals surface area contributed by atoms with E-state index in [4.69, 9.17) is 24.7 Å². The molecule has 0 fully saturated rings. The summed E-state index contributed by atoms with van der Waals surface area (Å²) in [6.45, 7) is 11.5. The lowest BCUT2D eigenvalue weighted by atomic mass is 9.85. The average Bonchev–Trinajstić information content (AvgIpc) is 3.03. The summed E-state index contributed by atoms with van der Waals surface area (Å²) < 4.78 is 23.1. The number of Topliss-reactive ketones (excluding diaryl/α,β-unsaturated/α-hetero) is 1. The highest BCUT2D eigenvalue weighted by atomic mass is 16.6. The quantitative estimate of drug-likeness (QED) is 0.175. The van der Waals surface area contributed by atoms with E-state index < -0.39 is 59.9 Å². The Morgan fingerprint density at radius 1 is 1.12 bits per heavy atom. The monoisotopic (exact) mass is 684 g/mol. The van der Waals surface area contributed by atoms with Gasteiger partial charge in [-0.25, -0.2) is 4.79 Å². The summed E-state index contributed by atoms with van der Waals surface area (Å²) in [5, 5.41) is 5.57. The van der Waals surface area contributed by atoms with Crippen LogP contribution in [0.25, 0.3) is 0 Å². The Bertz CT molecular complexity index is 1410. The molecule has 6 atom stereocenters. The predicted octanol–water partition coefficient (Wildman–Crippen LogP) is 3.04. The number of primary amides is 1. The summed E-state index contributed by atoms with van der Waals surface area (Å²) >= 11 is 0. The fourth-order valence-electron chi connectivity index (χ4n) is 5.65. The molecule has 2 bridgehead atoms. The van der Waals surface area contributed by atoms with Crippen LogP contribution in [0.3, 0.4) is 0 Å². The lowest BCUT2D eigenvalue weighted by Crippen LogP contribution is -2.40. The zero-order chi connectivity index (χ0) is 36.8. The summed E-state index contributed by atoms with van der Waals surface area (Å²) in [5.41, 5.74) is 6.44. The number of nitrogens with one attached hydrogen (secondary N) is 2. The van der Waals surface area contributed by atoms with Crippen LogP contribution in [0.5, 0.6) is 0 Å². The summed E-state index contributed by atoms with van der Waals surface area (Å²) in [5.74, 6) is -2.68. The molecule has 1 aliphatic carbocycles. The second kappa shape index (κ2) is 19.6. The molecule has 1 aliphatic heterocycles. The Morgan fingerprint density at radius 3 is 2.41 bits per heavy atom. The topological polar surface area (TPSA) is 176 Å². The van der Waals surface area contributed by atoms with Crippen molar-refractivity contribution < 1.29 is 42.9 Å². The van der Waals surface area contributed by atoms with Crippen LogP contribution < -0.4 is 16.4 Å². The van der Waals surface area contributed by atoms with Crippen LogP contribution in [0.15, 0.2) is 71.1 Å². The van der Waals surface area contributed by atoms with E-state index in [-0.39, 0.29) is 47.8 Å². The van der Waals surface area contributed by atoms with Crippen molar-refractivity contribution in [2.45, 2.75) is 71.4 Å². The van der Waals surface area contributed by atoms with Gasteiger partial charge in [-0.05, 0) is 52.3 Å². The molecular weight excluding hydrogens is 632 g/mol. The molecule has 13 heteroatoms. The minimum atomic E-state index is -1.02. The number of nitrogens with zero attached hydrogens (tertiary/aromatic N) is 1. The number of ether oxygens (including phenoxy) is 4. The van der Waals surface area contributed by atoms with E-state index >= 15 is 0 Å². The fraction of sp³-hybridized carbons (Fsp3) is 0.528. The maximum atomic E-state index is 13.8. The predicted molar refractivity (Wildman–Crippen MR) is 185 cm³/mol. The Hall–Kier alpha value is -4.33. The third-order valence-corrected chi connectivity index (χ3v) is 8.21. The third kappa shape index (κ3) is 12.3. The van der Waals surface area contributed by atoms with Crippen molar-refractivity contribution in [2.75, 3.05) is 41.4 Å². The number of esters is 1. The maximum Gasteiger partial charge on any atom is 0.405 e. The number of methoxy groups -OCH3 is 2. The molecule has 0 unspecified atom stereocenters. The largest absolute Gasteiger partial charge is 0.459 e. The first-order valence-corrected chi connectivity index (χ1v) is 16.2. The number of allylic oxidation sites excluding steroid dienone is 4. The molecule has 13 nitrogen and oxygen atoms in total. The van der Waals surface area contributed by atoms with Crippen molar-refractivity contribution in [3.63, 3.8) is 0 Å². The first-order chi connectivity index (χ1) is 23.1. The van der Waals surface area contributed by atoms with Gasteiger partial charge in [-0.3, -0.25) is 19.2 Å². The minimum absolute atomic E-state index is 0.134. The standard InChI is InChI=1S/C36H52N4O9/c1-10-15-38-31-25-17-21(2)18-29(47-9)34(48-30(42)14-16-40(6)7)24(5)19-23(4)33(49-36(37)45)28(46-8)13-11-12-22(3)35(44)39-26(32(25)43)20-27(31)41/h10-13,19-21,24,28-29,33-34,38H,1,14-18H2,2-9H3,(H2,37,45)(H,39,44)/b13-11-,22-12+,23-19+/t21-,24+,28+,29+,33+,34-/m1/s1. The van der Waals surface area contributed by atoms with Gasteiger partial charge in [0.1, 0.15) is 12.2 Å². The van der Waals surface area contributed by atoms with Crippen molar-refractivity contribution in [3.05, 3.63) is 71.1 Å². The minimum Gasteiger partial charge on any atom is -0.459 e. The molecule has 270 valence electrons. The van der Waals surface area contributed by atoms with Gasteiger partial charge in [-0.1, -0.05) is 44.2 Å². The normalized spacial score (nSPS) is 28.8. The van der Waals surface area contributed by atoms with Gasteiger partial charge in [0.05, 0.1) is 23.9 Å². The van der Waals surface area contributed by atoms with Gasteiger partial charge in [0.2, 0.25) is 11.6 Å². The summed E-state index contributed by atoms with van der Waals surface area (Å²) in [4.78, 5) is 67.1. The van der Waals surface area contributed by atoms with Gasteiger partial charge in [0.25, 0.3) is 5.91 Å². The van der Waals surface area contributed by atoms with Crippen molar-refractivity contribution in [1.82, 2.24) is 15.5 Å². The SMILES string of the molecule is C=CCNC1=C2C[C@@H](C)C[C@H](OC)[C@H](OC(=O)CCN(C)C)[C@@H](C)/C=C(\C)[C@H](OC(N)=O)[C@@H](OC)/C=C\C=C(/C)C(=O)NC(=CC1=O)C2=O. The van der Waals surface area contributed by atoms with E-state index in [1.165, 1.54) is 20.3 Å². The average molecular weight is 685 g/mol. The van der Waals surface area contributed by atoms with Crippen LogP contribution in [-0.4, -0.2) is 100 Å². The molecule has 0 aromatic carbocycles. The lowest BCUT2D eigenvalue weighted by molar-refractivity contribution is -0.160. The maximum absolute atomic E-state index is 13.8. The number of hydrogen-bond donors (Lipinski definition) is 3. The molecule has 0 saturated heterocycles. The van der Waals surface area contributed by atoms with Gasteiger partial charge in [0.15, 0.2) is 6.10 Å². The molecule has 49 heavy (non-hydrogen) atoms. The van der Waals surface area contributed by atoms with Crippen molar-refractivity contribution >= 4 is 29.5 Å². The summed E-state index contributed by atoms with van der Waals surface area (Å²) in [6, 6.07) is 0. The highest BCUT2D eigenvalue weighted by Gasteiger charge is 2.35. The van der Waals surface area contributed by atoms with Crippen molar-refractivity contribution in [2.24, 2.45) is 17.6 Å². The fourth-order valence-corrected chi connectivity index (χ4v) is 5.65. The zero-order valence-electron chi connectivity index (χ0n) is 29.9. The first-order valence-electron chi connectivity index (χ1n) is 16.2. The van der Waals surface area contributed by atoms with Crippen LogP contribution in [0.1, 0.15) is 47.0 Å². The van der Waals surface area contributed by atoms with Crippen LogP contribution in [0.4, 0.5) is 4.79 Å². The van der Waals surface area contributed by atoms with E-state index in [0.717, 1.165) is 6.08 Å². The van der Waals surface area contributed by atoms with E-state index in [0.29, 0.717) is 18.5 Å². The zero-order valence-corrected chi connectivity index (χ0v) is 29.9. The Labute approximate surface area is 289 Å². The lowest BCUT2D eigenvalue weighted by Gasteiger charge is -2.33. The molecule has 0 spiro atoms. The number of amides is 2. The first kappa shape index (κ1) is 40.8. The van der Waals surface area contributed by atoms with Gasteiger partial charge < -0.3 is 40.2 Å². The number of carbonyl (C=O) groups excluding carboxylic acids is 5. The Kier molecular flexibility index (Phi) is 16.3. The molecule has 2 rings (SSSR count). The van der Waals surface area contributed by atoms with Gasteiger partial charge in [0, 0.05) is 50.4 Å². The molecule has 0 aromatic rings. The van der Waals surface area contributed by atoms with Crippen molar-refractivity contribution in [1.29, 1.82) is 0 Å². The highest BCUT2D eigenvalue weighted by molar-refractivity contribution is 6.23. The number of hydrogen-bond acceptors (Lipinski definition) is 11. The van der Waals surface area contributed by atoms with Gasteiger partial charge >= 0.3 is 12.1 Å². The van der Waals surface area contributed by atoms with E-state index in [2.05, 4.69) is 17.2 Å². The third-order valence-electron chi connectivity index (χ3n) is 8.21. The molecule has 1 heterocycles. The molecule has 2 amide bonds. The summed E-state index contributed by atoms with van der Waals surface area (Å²) in [6.07, 6.45) is 5.52. The second-order valence-corrected chi connectivity index (χ2v) is 12.6. The van der Waals surface area contributed by atoms with E-state index in [1.807, 2.05) is 38.9 Å². The number of fused-ring (bicyclic) bond motifs is 2. The van der Waals surface area contributed by atoms with Crippen LogP contribution in [0.2, 0.25) is 0 Å². The van der Waals surface area contributed by atoms with E-state index in [1.54, 1.807) is 32.1 Å². The van der Waals surface area contributed by atoms with Crippen molar-refractivity contribution in [3.8, 4) is 0 Å². The van der Waals surface area contributed by atoms with Crippen LogP contribution in [-0.2, 0) is 38.1 Å². The van der Waals surface area contributed by atoms with Crippen LogP contribution in [0, 0.1) is 11.8 Å². The molecule has 4 N–H and O–H groups in total. The van der Waals surface area contributed by atoms with E-state index in [9.17, 15) is 24.0 Å². The Balaban J connectivity index is 2.73. The van der Waals surface area contributed by atoms with Gasteiger partial charge in [-0.15, -0.1) is 6.58 Å². The Morgan fingerprint density at radius 2 is 1.82 bits per heavy atom. The summed E-state index contributed by atoms with van der Waals surface area (Å²) in [7, 11) is 6.65. The molecule has 0 saturated carbocycles. The second-order valence-electron chi connectivity index (χ2n) is 12.6. The molecule has 0 radical (unpaired) electrons. The molecule has 0 aromatic heterocycles.